The Balaban J connectivity index is 1.67. The standard InChI is InChI=1S/C19H18F3N3OS/c1-10-15-11(2)24-12(3)25-18(15)27-16(10)17(26)23-9-8-13-4-6-14(7-5-13)19(20,21)22/h4-7H,8-9H2,1-3H3,(H,23,26). The predicted octanol–water partition coefficient (Wildman–Crippen LogP) is 4.61. The molecular formula is C19H18F3N3OS. The maximum atomic E-state index is 12.6. The van der Waals surface area contributed by atoms with E-state index in [0.29, 0.717) is 23.7 Å². The van der Waals surface area contributed by atoms with Crippen LogP contribution in [-0.4, -0.2) is 22.4 Å². The first kappa shape index (κ1) is 19.3. The van der Waals surface area contributed by atoms with Crippen molar-refractivity contribution in [2.75, 3.05) is 6.54 Å². The molecule has 4 nitrogen and oxygen atoms in total. The molecule has 0 bridgehead atoms. The summed E-state index contributed by atoms with van der Waals surface area (Å²) < 4.78 is 37.7. The van der Waals surface area contributed by atoms with Gasteiger partial charge in [0.1, 0.15) is 10.7 Å². The quantitative estimate of drug-likeness (QED) is 0.704. The first-order valence-corrected chi connectivity index (χ1v) is 9.17. The lowest BCUT2D eigenvalue weighted by atomic mass is 10.1. The highest BCUT2D eigenvalue weighted by Crippen LogP contribution is 2.31. The normalized spacial score (nSPS) is 11.8. The lowest BCUT2D eigenvalue weighted by molar-refractivity contribution is -0.137. The fourth-order valence-electron chi connectivity index (χ4n) is 2.95. The Bertz CT molecular complexity index is 994. The lowest BCUT2D eigenvalue weighted by Crippen LogP contribution is -2.25. The molecule has 2 aromatic heterocycles. The van der Waals surface area contributed by atoms with Gasteiger partial charge < -0.3 is 5.32 Å². The van der Waals surface area contributed by atoms with Crippen molar-refractivity contribution in [1.82, 2.24) is 15.3 Å². The van der Waals surface area contributed by atoms with Crippen LogP contribution in [0.15, 0.2) is 24.3 Å². The Morgan fingerprint density at radius 1 is 1.11 bits per heavy atom. The van der Waals surface area contributed by atoms with Crippen molar-refractivity contribution in [1.29, 1.82) is 0 Å². The smallest absolute Gasteiger partial charge is 0.351 e. The number of hydrogen-bond donors (Lipinski definition) is 1. The van der Waals surface area contributed by atoms with Crippen molar-refractivity contribution in [3.63, 3.8) is 0 Å². The lowest BCUT2D eigenvalue weighted by Gasteiger charge is -2.08. The van der Waals surface area contributed by atoms with Crippen molar-refractivity contribution < 1.29 is 18.0 Å². The second-order valence-corrected chi connectivity index (χ2v) is 7.29. The summed E-state index contributed by atoms with van der Waals surface area (Å²) in [6.07, 6.45) is -3.89. The van der Waals surface area contributed by atoms with Gasteiger partial charge in [-0.1, -0.05) is 12.1 Å². The van der Waals surface area contributed by atoms with E-state index >= 15 is 0 Å². The van der Waals surface area contributed by atoms with Crippen LogP contribution in [0.5, 0.6) is 0 Å². The van der Waals surface area contributed by atoms with Gasteiger partial charge in [-0.05, 0) is 50.5 Å². The van der Waals surface area contributed by atoms with Crippen LogP contribution in [0, 0.1) is 20.8 Å². The van der Waals surface area contributed by atoms with E-state index in [1.54, 1.807) is 0 Å². The molecular weight excluding hydrogens is 375 g/mol. The summed E-state index contributed by atoms with van der Waals surface area (Å²) in [5.74, 6) is 0.454. The Morgan fingerprint density at radius 3 is 2.41 bits per heavy atom. The minimum atomic E-state index is -4.34. The summed E-state index contributed by atoms with van der Waals surface area (Å²) in [5, 5.41) is 3.73. The second kappa shape index (κ2) is 7.26. The monoisotopic (exact) mass is 393 g/mol. The number of alkyl halides is 3. The van der Waals surface area contributed by atoms with Gasteiger partial charge in [-0.15, -0.1) is 11.3 Å². The zero-order chi connectivity index (χ0) is 19.8. The molecule has 3 aromatic rings. The molecule has 0 radical (unpaired) electrons. The van der Waals surface area contributed by atoms with Crippen molar-refractivity contribution in [2.45, 2.75) is 33.4 Å². The summed E-state index contributed by atoms with van der Waals surface area (Å²) in [6, 6.07) is 4.97. The molecule has 0 spiro atoms. The number of amides is 1. The molecule has 1 aromatic carbocycles. The third kappa shape index (κ3) is 4.10. The number of carbonyl (C=O) groups is 1. The van der Waals surface area contributed by atoms with Gasteiger partial charge in [0.2, 0.25) is 0 Å². The molecule has 0 aliphatic heterocycles. The molecule has 0 unspecified atom stereocenters. The van der Waals surface area contributed by atoms with Crippen LogP contribution < -0.4 is 5.32 Å². The SMILES string of the molecule is Cc1nc(C)c2c(C)c(C(=O)NCCc3ccc(C(F)(F)F)cc3)sc2n1. The zero-order valence-corrected chi connectivity index (χ0v) is 15.9. The number of thiophene rings is 1. The number of aryl methyl sites for hydroxylation is 3. The van der Waals surface area contributed by atoms with Crippen LogP contribution in [0.2, 0.25) is 0 Å². The topological polar surface area (TPSA) is 54.9 Å². The Morgan fingerprint density at radius 2 is 1.78 bits per heavy atom. The second-order valence-electron chi connectivity index (χ2n) is 6.29. The first-order valence-electron chi connectivity index (χ1n) is 8.35. The van der Waals surface area contributed by atoms with Gasteiger partial charge in [-0.3, -0.25) is 4.79 Å². The van der Waals surface area contributed by atoms with Crippen LogP contribution in [-0.2, 0) is 12.6 Å². The van der Waals surface area contributed by atoms with Crippen LogP contribution in [0.3, 0.4) is 0 Å². The predicted molar refractivity (Wildman–Crippen MR) is 99.1 cm³/mol. The molecule has 0 aliphatic rings. The Hall–Kier alpha value is -2.48. The number of aromatic nitrogens is 2. The molecule has 0 atom stereocenters. The number of benzene rings is 1. The van der Waals surface area contributed by atoms with E-state index in [4.69, 9.17) is 0 Å². The zero-order valence-electron chi connectivity index (χ0n) is 15.1. The molecule has 2 heterocycles. The van der Waals surface area contributed by atoms with Crippen LogP contribution in [0.4, 0.5) is 13.2 Å². The number of fused-ring (bicyclic) bond motifs is 1. The number of rotatable bonds is 4. The Kier molecular flexibility index (Phi) is 5.19. The fraction of sp³-hybridized carbons (Fsp3) is 0.316. The van der Waals surface area contributed by atoms with Crippen molar-refractivity contribution >= 4 is 27.5 Å². The molecule has 0 aliphatic carbocycles. The minimum Gasteiger partial charge on any atom is -0.351 e. The van der Waals surface area contributed by atoms with Gasteiger partial charge in [0.25, 0.3) is 5.91 Å². The molecule has 0 fully saturated rings. The molecule has 3 rings (SSSR count). The highest BCUT2D eigenvalue weighted by atomic mass is 32.1. The van der Waals surface area contributed by atoms with Crippen molar-refractivity contribution in [3.8, 4) is 0 Å². The molecule has 8 heteroatoms. The molecule has 0 saturated heterocycles. The molecule has 0 saturated carbocycles. The van der Waals surface area contributed by atoms with Gasteiger partial charge in [0.05, 0.1) is 10.4 Å². The van der Waals surface area contributed by atoms with E-state index in [9.17, 15) is 18.0 Å². The summed E-state index contributed by atoms with van der Waals surface area (Å²) in [6.45, 7) is 5.91. The number of carbonyl (C=O) groups excluding carboxylic acids is 1. The van der Waals surface area contributed by atoms with E-state index < -0.39 is 11.7 Å². The van der Waals surface area contributed by atoms with Gasteiger partial charge in [-0.2, -0.15) is 13.2 Å². The minimum absolute atomic E-state index is 0.209. The number of nitrogens with zero attached hydrogens (tertiary/aromatic N) is 2. The first-order chi connectivity index (χ1) is 12.7. The maximum Gasteiger partial charge on any atom is 0.416 e. The van der Waals surface area contributed by atoms with E-state index in [-0.39, 0.29) is 5.91 Å². The maximum absolute atomic E-state index is 12.6. The van der Waals surface area contributed by atoms with Gasteiger partial charge in [0, 0.05) is 17.6 Å². The average molecular weight is 393 g/mol. The molecule has 27 heavy (non-hydrogen) atoms. The van der Waals surface area contributed by atoms with E-state index in [2.05, 4.69) is 15.3 Å². The summed E-state index contributed by atoms with van der Waals surface area (Å²) >= 11 is 1.32. The van der Waals surface area contributed by atoms with Gasteiger partial charge in [-0.25, -0.2) is 9.97 Å². The van der Waals surface area contributed by atoms with Crippen LogP contribution >= 0.6 is 11.3 Å². The molecule has 1 amide bonds. The van der Waals surface area contributed by atoms with Gasteiger partial charge >= 0.3 is 6.18 Å². The fourth-order valence-corrected chi connectivity index (χ4v) is 4.15. The highest BCUT2D eigenvalue weighted by molar-refractivity contribution is 7.20. The van der Waals surface area contributed by atoms with Crippen LogP contribution in [0.1, 0.15) is 37.9 Å². The highest BCUT2D eigenvalue weighted by Gasteiger charge is 2.29. The molecule has 1 N–H and O–H groups in total. The number of halogens is 3. The van der Waals surface area contributed by atoms with E-state index in [1.165, 1.54) is 23.5 Å². The largest absolute Gasteiger partial charge is 0.416 e. The van der Waals surface area contributed by atoms with Crippen LogP contribution in [0.25, 0.3) is 10.2 Å². The van der Waals surface area contributed by atoms with Crippen molar-refractivity contribution in [3.05, 3.63) is 57.4 Å². The Labute approximate surface area is 158 Å². The number of nitrogens with one attached hydrogen (secondary N) is 1. The van der Waals surface area contributed by atoms with Gasteiger partial charge in [0.15, 0.2) is 0 Å². The summed E-state index contributed by atoms with van der Waals surface area (Å²) in [4.78, 5) is 22.6. The van der Waals surface area contributed by atoms with E-state index in [1.807, 2.05) is 20.8 Å². The molecule has 142 valence electrons. The summed E-state index contributed by atoms with van der Waals surface area (Å²) in [5.41, 5.74) is 1.74. The average Bonchev–Trinajstić information content (AvgIpc) is 2.91. The number of hydrogen-bond acceptors (Lipinski definition) is 4. The van der Waals surface area contributed by atoms with Crippen molar-refractivity contribution in [2.24, 2.45) is 0 Å². The summed E-state index contributed by atoms with van der Waals surface area (Å²) in [7, 11) is 0. The third-order valence-corrected chi connectivity index (χ3v) is 5.45. The van der Waals surface area contributed by atoms with E-state index in [0.717, 1.165) is 39.2 Å². The third-order valence-electron chi connectivity index (χ3n) is 4.27.